The van der Waals surface area contributed by atoms with E-state index in [1.165, 1.54) is 32.1 Å². The molecule has 82 valence electrons. The maximum absolute atomic E-state index is 4.51. The van der Waals surface area contributed by atoms with Crippen molar-refractivity contribution >= 4 is 0 Å². The summed E-state index contributed by atoms with van der Waals surface area (Å²) in [5.41, 5.74) is 0. The van der Waals surface area contributed by atoms with Gasteiger partial charge in [-0.2, -0.15) is 4.80 Å². The van der Waals surface area contributed by atoms with Crippen LogP contribution < -0.4 is 5.32 Å². The summed E-state index contributed by atoms with van der Waals surface area (Å²) in [5.74, 6) is 0.888. The normalized spacial score (nSPS) is 27.6. The monoisotopic (exact) mass is 207 g/mol. The van der Waals surface area contributed by atoms with Crippen molar-refractivity contribution in [2.75, 3.05) is 6.54 Å². The summed E-state index contributed by atoms with van der Waals surface area (Å²) >= 11 is 0. The SMILES string of the molecule is C1CNC(c2nnn(C3CCCC3)n2)C1. The van der Waals surface area contributed by atoms with Crippen LogP contribution in [0.3, 0.4) is 0 Å². The van der Waals surface area contributed by atoms with E-state index in [1.807, 2.05) is 4.80 Å². The van der Waals surface area contributed by atoms with Gasteiger partial charge in [0.05, 0.1) is 12.1 Å². The third kappa shape index (κ3) is 1.76. The molecule has 5 heteroatoms. The van der Waals surface area contributed by atoms with E-state index in [-0.39, 0.29) is 0 Å². The van der Waals surface area contributed by atoms with Crippen molar-refractivity contribution in [1.82, 2.24) is 25.5 Å². The second-order valence-electron chi connectivity index (χ2n) is 4.56. The smallest absolute Gasteiger partial charge is 0.191 e. The van der Waals surface area contributed by atoms with Crippen LogP contribution >= 0.6 is 0 Å². The number of tetrazole rings is 1. The van der Waals surface area contributed by atoms with Crippen molar-refractivity contribution in [2.24, 2.45) is 0 Å². The van der Waals surface area contributed by atoms with Gasteiger partial charge in [0.1, 0.15) is 0 Å². The molecule has 1 aliphatic carbocycles. The second kappa shape index (κ2) is 3.89. The minimum Gasteiger partial charge on any atom is -0.307 e. The highest BCUT2D eigenvalue weighted by atomic mass is 15.6. The maximum atomic E-state index is 4.51. The van der Waals surface area contributed by atoms with E-state index in [0.29, 0.717) is 12.1 Å². The van der Waals surface area contributed by atoms with Gasteiger partial charge in [-0.05, 0) is 37.4 Å². The van der Waals surface area contributed by atoms with Crippen molar-refractivity contribution in [3.63, 3.8) is 0 Å². The largest absolute Gasteiger partial charge is 0.307 e. The van der Waals surface area contributed by atoms with Crippen LogP contribution in [0.5, 0.6) is 0 Å². The summed E-state index contributed by atoms with van der Waals surface area (Å²) in [6.07, 6.45) is 7.42. The Morgan fingerprint density at radius 2 is 2.00 bits per heavy atom. The molecule has 5 nitrogen and oxygen atoms in total. The zero-order valence-corrected chi connectivity index (χ0v) is 8.89. The highest BCUT2D eigenvalue weighted by Crippen LogP contribution is 2.28. The standard InChI is InChI=1S/C10H17N5/c1-2-5-8(4-1)15-13-10(12-14-15)9-6-3-7-11-9/h8-9,11H,1-7H2. The van der Waals surface area contributed by atoms with Crippen molar-refractivity contribution in [3.05, 3.63) is 5.82 Å². The molecule has 0 aromatic carbocycles. The number of nitrogens with one attached hydrogen (secondary N) is 1. The van der Waals surface area contributed by atoms with Crippen LogP contribution in [0.4, 0.5) is 0 Å². The number of nitrogens with zero attached hydrogens (tertiary/aromatic N) is 4. The van der Waals surface area contributed by atoms with Gasteiger partial charge in [0.2, 0.25) is 0 Å². The molecular formula is C10H17N5. The minimum atomic E-state index is 0.347. The molecule has 1 atom stereocenters. The Labute approximate surface area is 89.2 Å². The molecule has 1 aromatic rings. The molecular weight excluding hydrogens is 190 g/mol. The van der Waals surface area contributed by atoms with Crippen LogP contribution in [0.25, 0.3) is 0 Å². The molecule has 1 saturated heterocycles. The predicted octanol–water partition coefficient (Wildman–Crippen LogP) is 1.21. The molecule has 2 fully saturated rings. The molecule has 0 radical (unpaired) electrons. The Balaban J connectivity index is 1.74. The molecule has 1 aromatic heterocycles. The van der Waals surface area contributed by atoms with E-state index in [0.717, 1.165) is 18.8 Å². The Morgan fingerprint density at radius 1 is 1.13 bits per heavy atom. The Kier molecular flexibility index (Phi) is 2.40. The molecule has 0 bridgehead atoms. The van der Waals surface area contributed by atoms with Crippen LogP contribution in [0.15, 0.2) is 0 Å². The van der Waals surface area contributed by atoms with Gasteiger partial charge < -0.3 is 5.32 Å². The van der Waals surface area contributed by atoms with Crippen LogP contribution in [0.1, 0.15) is 56.4 Å². The van der Waals surface area contributed by atoms with Crippen molar-refractivity contribution in [2.45, 2.75) is 50.6 Å². The molecule has 0 spiro atoms. The van der Waals surface area contributed by atoms with Gasteiger partial charge in [-0.15, -0.1) is 10.2 Å². The fourth-order valence-corrected chi connectivity index (χ4v) is 2.57. The van der Waals surface area contributed by atoms with Crippen LogP contribution in [0, 0.1) is 0 Å². The molecule has 15 heavy (non-hydrogen) atoms. The maximum Gasteiger partial charge on any atom is 0.191 e. The van der Waals surface area contributed by atoms with Gasteiger partial charge in [-0.25, -0.2) is 0 Å². The topological polar surface area (TPSA) is 55.6 Å². The van der Waals surface area contributed by atoms with Crippen LogP contribution in [0.2, 0.25) is 0 Å². The number of hydrogen-bond donors (Lipinski definition) is 1. The number of rotatable bonds is 2. The first-order valence-corrected chi connectivity index (χ1v) is 5.96. The Hall–Kier alpha value is -0.970. The van der Waals surface area contributed by atoms with E-state index in [1.54, 1.807) is 0 Å². The Bertz CT molecular complexity index is 292. The summed E-state index contributed by atoms with van der Waals surface area (Å²) in [6.45, 7) is 1.09. The van der Waals surface area contributed by atoms with Crippen molar-refractivity contribution in [1.29, 1.82) is 0 Å². The fraction of sp³-hybridized carbons (Fsp3) is 0.900. The first-order valence-electron chi connectivity index (χ1n) is 5.96. The lowest BCUT2D eigenvalue weighted by molar-refractivity contribution is 0.402. The van der Waals surface area contributed by atoms with Gasteiger partial charge in [0.15, 0.2) is 5.82 Å². The highest BCUT2D eigenvalue weighted by Gasteiger charge is 2.24. The predicted molar refractivity (Wildman–Crippen MR) is 55.3 cm³/mol. The highest BCUT2D eigenvalue weighted by molar-refractivity contribution is 4.93. The van der Waals surface area contributed by atoms with Crippen LogP contribution in [-0.2, 0) is 0 Å². The van der Waals surface area contributed by atoms with Gasteiger partial charge >= 0.3 is 0 Å². The van der Waals surface area contributed by atoms with Gasteiger partial charge in [0, 0.05) is 0 Å². The van der Waals surface area contributed by atoms with E-state index in [4.69, 9.17) is 0 Å². The molecule has 1 unspecified atom stereocenters. The lowest BCUT2D eigenvalue weighted by Crippen LogP contribution is -2.15. The van der Waals surface area contributed by atoms with Gasteiger partial charge in [-0.1, -0.05) is 12.8 Å². The molecule has 1 N–H and O–H groups in total. The summed E-state index contributed by atoms with van der Waals surface area (Å²) in [7, 11) is 0. The molecule has 2 aliphatic rings. The first-order chi connectivity index (χ1) is 7.43. The molecule has 0 amide bonds. The average molecular weight is 207 g/mol. The molecule has 2 heterocycles. The zero-order chi connectivity index (χ0) is 10.1. The number of hydrogen-bond acceptors (Lipinski definition) is 4. The number of aromatic nitrogens is 4. The first kappa shape index (κ1) is 9.27. The Morgan fingerprint density at radius 3 is 2.73 bits per heavy atom. The summed E-state index contributed by atoms with van der Waals surface area (Å²) < 4.78 is 0. The zero-order valence-electron chi connectivity index (χ0n) is 8.89. The lowest BCUT2D eigenvalue weighted by atomic mass is 10.2. The lowest BCUT2D eigenvalue weighted by Gasteiger charge is -2.06. The second-order valence-corrected chi connectivity index (χ2v) is 4.56. The summed E-state index contributed by atoms with van der Waals surface area (Å²) in [5, 5.41) is 16.2. The van der Waals surface area contributed by atoms with Gasteiger partial charge in [-0.3, -0.25) is 0 Å². The molecule has 1 aliphatic heterocycles. The quantitative estimate of drug-likeness (QED) is 0.792. The summed E-state index contributed by atoms with van der Waals surface area (Å²) in [6, 6.07) is 0.854. The third-order valence-electron chi connectivity index (χ3n) is 3.47. The van der Waals surface area contributed by atoms with E-state index < -0.39 is 0 Å². The van der Waals surface area contributed by atoms with E-state index in [9.17, 15) is 0 Å². The van der Waals surface area contributed by atoms with Crippen molar-refractivity contribution in [3.8, 4) is 0 Å². The molecule has 3 rings (SSSR count). The van der Waals surface area contributed by atoms with Gasteiger partial charge in [0.25, 0.3) is 0 Å². The van der Waals surface area contributed by atoms with Crippen molar-refractivity contribution < 1.29 is 0 Å². The van der Waals surface area contributed by atoms with Crippen LogP contribution in [-0.4, -0.2) is 26.8 Å². The average Bonchev–Trinajstić information content (AvgIpc) is 3.02. The third-order valence-corrected chi connectivity index (χ3v) is 3.47. The fourth-order valence-electron chi connectivity index (χ4n) is 2.57. The molecule has 1 saturated carbocycles. The summed E-state index contributed by atoms with van der Waals surface area (Å²) in [4.78, 5) is 1.84. The van der Waals surface area contributed by atoms with E-state index in [2.05, 4.69) is 20.7 Å². The minimum absolute atomic E-state index is 0.347. The van der Waals surface area contributed by atoms with E-state index >= 15 is 0 Å².